The summed E-state index contributed by atoms with van der Waals surface area (Å²) in [5.74, 6) is 4.39. The summed E-state index contributed by atoms with van der Waals surface area (Å²) in [6.07, 6.45) is 13.1. The molecule has 0 aliphatic heterocycles. The molecule has 156 valence electrons. The zero-order chi connectivity index (χ0) is 19.9. The largest absolute Gasteiger partial charge is 0.390 e. The Morgan fingerprint density at radius 3 is 2.68 bits per heavy atom. The summed E-state index contributed by atoms with van der Waals surface area (Å²) in [7, 11) is 0. The Labute approximate surface area is 169 Å². The van der Waals surface area contributed by atoms with E-state index in [1.807, 2.05) is 6.92 Å². The van der Waals surface area contributed by atoms with Gasteiger partial charge in [-0.25, -0.2) is 5.43 Å². The number of nitrogens with one attached hydrogen (secondary N) is 1. The molecule has 8 atom stereocenters. The second-order valence-corrected chi connectivity index (χ2v) is 10.7. The van der Waals surface area contributed by atoms with Crippen LogP contribution in [0.5, 0.6) is 0 Å². The first kappa shape index (κ1) is 20.2. The lowest BCUT2D eigenvalue weighted by Gasteiger charge is -2.56. The Hall–Kier alpha value is -1.07. The van der Waals surface area contributed by atoms with Crippen LogP contribution in [0, 0.1) is 46.3 Å². The number of hydrogen-bond donors (Lipinski definition) is 3. The number of hydrogen-bond acceptors (Lipinski definition) is 4. The van der Waals surface area contributed by atoms with Crippen LogP contribution in [0.25, 0.3) is 0 Å². The smallest absolute Gasteiger partial charge is 0.192 e. The van der Waals surface area contributed by atoms with Gasteiger partial charge in [-0.2, -0.15) is 0 Å². The fourth-order valence-corrected chi connectivity index (χ4v) is 8.00. The predicted molar refractivity (Wildman–Crippen MR) is 110 cm³/mol. The molecule has 0 bridgehead atoms. The first-order valence-electron chi connectivity index (χ1n) is 11.4. The SMILES string of the molecule is CC1(O)CCC2C(CCC3C2CCC2(C)C(C(=O)C[NH2+]N=CC=N)CCC32)C1. The van der Waals surface area contributed by atoms with Crippen molar-refractivity contribution >= 4 is 18.2 Å². The molecule has 0 aromatic heterocycles. The van der Waals surface area contributed by atoms with E-state index in [0.717, 1.165) is 49.1 Å². The quantitative estimate of drug-likeness (QED) is 0.384. The molecular formula is C23H38N3O2+. The van der Waals surface area contributed by atoms with Gasteiger partial charge in [-0.1, -0.05) is 12.0 Å². The number of carbonyl (C=O) groups excluding carboxylic acids is 1. The van der Waals surface area contributed by atoms with Gasteiger partial charge in [0.2, 0.25) is 0 Å². The van der Waals surface area contributed by atoms with Gasteiger partial charge in [0.05, 0.1) is 11.8 Å². The van der Waals surface area contributed by atoms with Crippen LogP contribution >= 0.6 is 0 Å². The van der Waals surface area contributed by atoms with E-state index < -0.39 is 5.60 Å². The van der Waals surface area contributed by atoms with Crippen molar-refractivity contribution < 1.29 is 15.3 Å². The van der Waals surface area contributed by atoms with E-state index in [9.17, 15) is 9.90 Å². The molecule has 4 N–H and O–H groups in total. The van der Waals surface area contributed by atoms with Crippen LogP contribution in [0.1, 0.15) is 71.6 Å². The zero-order valence-corrected chi connectivity index (χ0v) is 17.6. The second kappa shape index (κ2) is 7.64. The lowest BCUT2D eigenvalue weighted by Crippen LogP contribution is -2.80. The molecule has 4 aliphatic carbocycles. The summed E-state index contributed by atoms with van der Waals surface area (Å²) >= 11 is 0. The van der Waals surface area contributed by atoms with Crippen LogP contribution in [0.4, 0.5) is 0 Å². The van der Waals surface area contributed by atoms with Crippen molar-refractivity contribution in [1.82, 2.24) is 0 Å². The van der Waals surface area contributed by atoms with Crippen molar-refractivity contribution in [2.24, 2.45) is 46.0 Å². The number of fused-ring (bicyclic) bond motifs is 5. The van der Waals surface area contributed by atoms with Crippen molar-refractivity contribution in [3.63, 3.8) is 0 Å². The van der Waals surface area contributed by atoms with E-state index in [1.165, 1.54) is 44.7 Å². The molecule has 5 nitrogen and oxygen atoms in total. The molecule has 0 amide bonds. The van der Waals surface area contributed by atoms with E-state index in [0.29, 0.717) is 18.2 Å². The Morgan fingerprint density at radius 1 is 1.11 bits per heavy atom. The average molecular weight is 389 g/mol. The van der Waals surface area contributed by atoms with Gasteiger partial charge in [-0.3, -0.25) is 4.79 Å². The van der Waals surface area contributed by atoms with Crippen LogP contribution in [0.15, 0.2) is 5.10 Å². The van der Waals surface area contributed by atoms with Gasteiger partial charge in [-0.05, 0) is 99.7 Å². The van der Waals surface area contributed by atoms with Crippen molar-refractivity contribution in [3.05, 3.63) is 0 Å². The Kier molecular flexibility index (Phi) is 5.51. The van der Waals surface area contributed by atoms with E-state index in [4.69, 9.17) is 5.41 Å². The highest BCUT2D eigenvalue weighted by atomic mass is 16.3. The van der Waals surface area contributed by atoms with Crippen molar-refractivity contribution in [1.29, 1.82) is 5.41 Å². The van der Waals surface area contributed by atoms with Crippen LogP contribution in [-0.4, -0.2) is 35.5 Å². The molecule has 0 spiro atoms. The summed E-state index contributed by atoms with van der Waals surface area (Å²) in [4.78, 5) is 12.9. The van der Waals surface area contributed by atoms with E-state index in [-0.39, 0.29) is 11.3 Å². The summed E-state index contributed by atoms with van der Waals surface area (Å²) in [5.41, 5.74) is 1.40. The third-order valence-electron chi connectivity index (χ3n) is 9.18. The summed E-state index contributed by atoms with van der Waals surface area (Å²) in [6.45, 7) is 4.84. The van der Waals surface area contributed by atoms with Gasteiger partial charge in [-0.15, -0.1) is 0 Å². The highest BCUT2D eigenvalue weighted by Crippen LogP contribution is 2.64. The van der Waals surface area contributed by atoms with Crippen LogP contribution < -0.4 is 5.43 Å². The number of nitrogens with zero attached hydrogens (tertiary/aromatic N) is 1. The fourth-order valence-electron chi connectivity index (χ4n) is 8.00. The number of aliphatic hydroxyl groups is 1. The zero-order valence-electron chi connectivity index (χ0n) is 17.6. The number of quaternary nitrogens is 1. The molecule has 8 unspecified atom stereocenters. The minimum Gasteiger partial charge on any atom is -0.390 e. The van der Waals surface area contributed by atoms with Gasteiger partial charge < -0.3 is 10.5 Å². The third kappa shape index (κ3) is 3.49. The molecule has 0 saturated heterocycles. The van der Waals surface area contributed by atoms with Crippen molar-refractivity contribution in [3.8, 4) is 0 Å². The minimum atomic E-state index is -0.446. The summed E-state index contributed by atoms with van der Waals surface area (Å²) in [5, 5.41) is 21.5. The average Bonchev–Trinajstić information content (AvgIpc) is 3.01. The summed E-state index contributed by atoms with van der Waals surface area (Å²) in [6, 6.07) is 0. The molecule has 0 heterocycles. The van der Waals surface area contributed by atoms with Crippen molar-refractivity contribution in [2.75, 3.05) is 6.54 Å². The third-order valence-corrected chi connectivity index (χ3v) is 9.18. The number of carbonyl (C=O) groups is 1. The van der Waals surface area contributed by atoms with Gasteiger partial charge in [0.25, 0.3) is 0 Å². The van der Waals surface area contributed by atoms with Gasteiger partial charge >= 0.3 is 0 Å². The van der Waals surface area contributed by atoms with E-state index in [1.54, 1.807) is 5.43 Å². The van der Waals surface area contributed by atoms with Crippen LogP contribution in [0.3, 0.4) is 0 Å². The van der Waals surface area contributed by atoms with Crippen LogP contribution in [0.2, 0.25) is 0 Å². The maximum atomic E-state index is 12.9. The number of ketones is 1. The molecule has 4 saturated carbocycles. The molecule has 4 fully saturated rings. The van der Waals surface area contributed by atoms with Crippen molar-refractivity contribution in [2.45, 2.75) is 77.2 Å². The Balaban J connectivity index is 1.44. The number of nitrogens with two attached hydrogens (primary N) is 1. The normalized spacial score (nSPS) is 48.0. The van der Waals surface area contributed by atoms with E-state index >= 15 is 0 Å². The molecule has 0 radical (unpaired) electrons. The molecule has 4 rings (SSSR count). The fraction of sp³-hybridized carbons (Fsp3) is 0.870. The topological polar surface area (TPSA) is 90.1 Å². The molecule has 28 heavy (non-hydrogen) atoms. The lowest BCUT2D eigenvalue weighted by atomic mass is 9.49. The monoisotopic (exact) mass is 388 g/mol. The number of rotatable bonds is 5. The summed E-state index contributed by atoms with van der Waals surface area (Å²) < 4.78 is 0. The molecule has 4 aliphatic rings. The predicted octanol–water partition coefficient (Wildman–Crippen LogP) is 2.77. The van der Waals surface area contributed by atoms with Gasteiger partial charge in [0, 0.05) is 12.1 Å². The highest BCUT2D eigenvalue weighted by Gasteiger charge is 2.58. The molecule has 0 aromatic rings. The number of Topliss-reactive ketones (excluding diaryl/α,β-unsaturated/α-hetero) is 1. The molecule has 5 heteroatoms. The highest BCUT2D eigenvalue weighted by molar-refractivity contribution is 6.14. The Morgan fingerprint density at radius 2 is 1.89 bits per heavy atom. The maximum absolute atomic E-state index is 12.9. The lowest BCUT2D eigenvalue weighted by molar-refractivity contribution is -0.649. The maximum Gasteiger partial charge on any atom is 0.192 e. The standard InChI is InChI=1S/C23H37N3O2/c1-22(28)9-7-16-15(13-22)3-4-18-17(16)8-10-23(2)19(18)5-6-20(23)21(27)14-26-25-12-11-24/h11-12,15-20,24,26,28H,3-10,13-14H2,1-2H3/p+1. The van der Waals surface area contributed by atoms with Gasteiger partial charge in [0.1, 0.15) is 0 Å². The second-order valence-electron chi connectivity index (χ2n) is 10.7. The minimum absolute atomic E-state index is 0.171. The van der Waals surface area contributed by atoms with E-state index in [2.05, 4.69) is 12.0 Å². The van der Waals surface area contributed by atoms with Crippen LogP contribution in [-0.2, 0) is 4.79 Å². The first-order valence-corrected chi connectivity index (χ1v) is 11.4. The molecule has 0 aromatic carbocycles. The first-order chi connectivity index (χ1) is 13.4. The van der Waals surface area contributed by atoms with Gasteiger partial charge in [0.15, 0.2) is 12.3 Å². The molecular weight excluding hydrogens is 350 g/mol. The Bertz CT molecular complexity index is 646.